The Morgan fingerprint density at radius 1 is 1.10 bits per heavy atom. The number of rotatable bonds is 3. The number of hydrazone groups is 1. The summed E-state index contributed by atoms with van der Waals surface area (Å²) in [5.41, 5.74) is 2.19. The Morgan fingerprint density at radius 3 is 2.52 bits per heavy atom. The highest BCUT2D eigenvalue weighted by molar-refractivity contribution is 6.24. The van der Waals surface area contributed by atoms with Crippen LogP contribution in [0.3, 0.4) is 0 Å². The second kappa shape index (κ2) is 6.56. The number of amides is 2. The van der Waals surface area contributed by atoms with Crippen LogP contribution >= 0.6 is 0 Å². The van der Waals surface area contributed by atoms with Gasteiger partial charge in [-0.15, -0.1) is 0 Å². The Bertz CT molecular complexity index is 1210. The van der Waals surface area contributed by atoms with E-state index < -0.39 is 40.7 Å². The van der Waals surface area contributed by atoms with Crippen molar-refractivity contribution in [1.29, 1.82) is 0 Å². The van der Waals surface area contributed by atoms with Gasteiger partial charge in [-0.1, -0.05) is 30.3 Å². The van der Waals surface area contributed by atoms with E-state index in [9.17, 15) is 24.5 Å². The SMILES string of the molecule is CC(=O)C1C2C(=O)N(c3cc([N+](=O)[O-])ccc3C)C(=O)C2C2c3ccccc3C=NN12. The van der Waals surface area contributed by atoms with Gasteiger partial charge in [0.25, 0.3) is 5.69 Å². The summed E-state index contributed by atoms with van der Waals surface area (Å²) >= 11 is 0. The van der Waals surface area contributed by atoms with Crippen LogP contribution in [0.5, 0.6) is 0 Å². The molecule has 3 aliphatic rings. The lowest BCUT2D eigenvalue weighted by Crippen LogP contribution is -2.44. The highest BCUT2D eigenvalue weighted by atomic mass is 16.6. The molecule has 2 aromatic rings. The number of nitrogens with zero attached hydrogens (tertiary/aromatic N) is 4. The molecule has 2 saturated heterocycles. The summed E-state index contributed by atoms with van der Waals surface area (Å²) in [6.07, 6.45) is 1.64. The first-order valence-electron chi connectivity index (χ1n) is 9.86. The maximum absolute atomic E-state index is 13.6. The number of carbonyl (C=O) groups excluding carboxylic acids is 3. The molecule has 3 heterocycles. The fourth-order valence-corrected chi connectivity index (χ4v) is 5.01. The molecule has 5 rings (SSSR count). The topological polar surface area (TPSA) is 113 Å². The van der Waals surface area contributed by atoms with Crippen LogP contribution in [-0.4, -0.2) is 39.8 Å². The average molecular weight is 418 g/mol. The van der Waals surface area contributed by atoms with E-state index in [1.165, 1.54) is 25.1 Å². The third-order valence-electron chi connectivity index (χ3n) is 6.35. The van der Waals surface area contributed by atoms with Crippen LogP contribution in [0.2, 0.25) is 0 Å². The van der Waals surface area contributed by atoms with Crippen LogP contribution in [0.15, 0.2) is 47.6 Å². The van der Waals surface area contributed by atoms with Crippen LogP contribution < -0.4 is 4.90 Å². The number of hydrogen-bond acceptors (Lipinski definition) is 7. The van der Waals surface area contributed by atoms with Gasteiger partial charge in [-0.2, -0.15) is 5.10 Å². The maximum atomic E-state index is 13.6. The molecule has 0 radical (unpaired) electrons. The van der Waals surface area contributed by atoms with Gasteiger partial charge in [-0.25, -0.2) is 4.90 Å². The Morgan fingerprint density at radius 2 is 1.81 bits per heavy atom. The van der Waals surface area contributed by atoms with Crippen molar-refractivity contribution in [2.24, 2.45) is 16.9 Å². The van der Waals surface area contributed by atoms with E-state index in [1.54, 1.807) is 18.1 Å². The molecule has 4 atom stereocenters. The highest BCUT2D eigenvalue weighted by Crippen LogP contribution is 2.53. The van der Waals surface area contributed by atoms with Gasteiger partial charge in [0, 0.05) is 12.1 Å². The van der Waals surface area contributed by atoms with Crippen LogP contribution in [0.4, 0.5) is 11.4 Å². The minimum Gasteiger partial charge on any atom is -0.298 e. The summed E-state index contributed by atoms with van der Waals surface area (Å²) < 4.78 is 0. The largest absolute Gasteiger partial charge is 0.298 e. The molecule has 2 amide bonds. The van der Waals surface area contributed by atoms with Gasteiger partial charge >= 0.3 is 0 Å². The van der Waals surface area contributed by atoms with E-state index in [2.05, 4.69) is 5.10 Å². The molecule has 9 nitrogen and oxygen atoms in total. The fourth-order valence-electron chi connectivity index (χ4n) is 5.01. The smallest absolute Gasteiger partial charge is 0.271 e. The van der Waals surface area contributed by atoms with Crippen molar-refractivity contribution in [2.75, 3.05) is 4.90 Å². The third-order valence-corrected chi connectivity index (χ3v) is 6.35. The van der Waals surface area contributed by atoms with Gasteiger partial charge in [0.15, 0.2) is 5.78 Å². The number of hydrogen-bond donors (Lipinski definition) is 0. The molecule has 0 aromatic heterocycles. The number of non-ortho nitro benzene ring substituents is 1. The Labute approximate surface area is 177 Å². The van der Waals surface area contributed by atoms with Crippen LogP contribution in [0.1, 0.15) is 29.7 Å². The lowest BCUT2D eigenvalue weighted by atomic mass is 9.84. The van der Waals surface area contributed by atoms with E-state index in [4.69, 9.17) is 0 Å². The van der Waals surface area contributed by atoms with Crippen molar-refractivity contribution in [3.8, 4) is 0 Å². The zero-order chi connectivity index (χ0) is 22.0. The first-order chi connectivity index (χ1) is 14.8. The Hall–Kier alpha value is -3.88. The molecule has 0 saturated carbocycles. The van der Waals surface area contributed by atoms with Gasteiger partial charge < -0.3 is 0 Å². The molecular formula is C22H18N4O5. The molecule has 4 unspecified atom stereocenters. The summed E-state index contributed by atoms with van der Waals surface area (Å²) in [5, 5.41) is 17.2. The average Bonchev–Trinajstić information content (AvgIpc) is 3.21. The summed E-state index contributed by atoms with van der Waals surface area (Å²) in [6, 6.07) is 10.1. The number of anilines is 1. The van der Waals surface area contributed by atoms with Gasteiger partial charge in [0.05, 0.1) is 34.7 Å². The molecule has 0 N–H and O–H groups in total. The van der Waals surface area contributed by atoms with E-state index >= 15 is 0 Å². The van der Waals surface area contributed by atoms with Crippen molar-refractivity contribution < 1.29 is 19.3 Å². The molecule has 156 valence electrons. The predicted octanol–water partition coefficient (Wildman–Crippen LogP) is 2.37. The van der Waals surface area contributed by atoms with Crippen molar-refractivity contribution in [2.45, 2.75) is 25.9 Å². The zero-order valence-electron chi connectivity index (χ0n) is 16.8. The summed E-state index contributed by atoms with van der Waals surface area (Å²) in [4.78, 5) is 51.4. The number of carbonyl (C=O) groups is 3. The predicted molar refractivity (Wildman–Crippen MR) is 110 cm³/mol. The highest BCUT2D eigenvalue weighted by Gasteiger charge is 2.64. The molecule has 2 fully saturated rings. The molecule has 9 heteroatoms. The molecular weight excluding hydrogens is 400 g/mol. The van der Waals surface area contributed by atoms with Crippen LogP contribution in [0.25, 0.3) is 0 Å². The number of Topliss-reactive ketones (excluding diaryl/α,β-unsaturated/α-hetero) is 1. The number of fused-ring (bicyclic) bond motifs is 5. The molecule has 2 aromatic carbocycles. The van der Waals surface area contributed by atoms with Crippen LogP contribution in [-0.2, 0) is 14.4 Å². The molecule has 0 aliphatic carbocycles. The second-order valence-corrected chi connectivity index (χ2v) is 8.05. The number of nitro groups is 1. The Kier molecular flexibility index (Phi) is 4.04. The fraction of sp³-hybridized carbons (Fsp3) is 0.273. The quantitative estimate of drug-likeness (QED) is 0.430. The number of aryl methyl sites for hydroxylation is 1. The third kappa shape index (κ3) is 2.56. The number of ketones is 1. The lowest BCUT2D eigenvalue weighted by Gasteiger charge is -2.33. The summed E-state index contributed by atoms with van der Waals surface area (Å²) in [7, 11) is 0. The van der Waals surface area contributed by atoms with Gasteiger partial charge in [0.2, 0.25) is 11.8 Å². The monoisotopic (exact) mass is 418 g/mol. The normalized spacial score (nSPS) is 26.0. The van der Waals surface area contributed by atoms with E-state index in [0.717, 1.165) is 16.0 Å². The van der Waals surface area contributed by atoms with Crippen molar-refractivity contribution >= 4 is 35.2 Å². The number of nitro benzene ring substituents is 1. The molecule has 3 aliphatic heterocycles. The van der Waals surface area contributed by atoms with Gasteiger partial charge in [-0.3, -0.25) is 29.5 Å². The Balaban J connectivity index is 1.66. The van der Waals surface area contributed by atoms with E-state index in [1.807, 2.05) is 24.3 Å². The molecule has 0 bridgehead atoms. The first-order valence-corrected chi connectivity index (χ1v) is 9.86. The standard InChI is InChI=1S/C22H18N4O5/c1-11-7-8-14(26(30)31)9-16(11)24-21(28)17-18(22(24)29)20-15-6-4-3-5-13(15)10-23-25(20)19(17)12(2)27/h3-10,17-20H,1-2H3. The minimum atomic E-state index is -0.906. The van der Waals surface area contributed by atoms with E-state index in [-0.39, 0.29) is 17.2 Å². The van der Waals surface area contributed by atoms with Crippen molar-refractivity contribution in [3.63, 3.8) is 0 Å². The number of imide groups is 1. The molecule has 31 heavy (non-hydrogen) atoms. The van der Waals surface area contributed by atoms with Gasteiger partial charge in [-0.05, 0) is 30.5 Å². The van der Waals surface area contributed by atoms with Crippen LogP contribution in [0, 0.1) is 28.9 Å². The summed E-state index contributed by atoms with van der Waals surface area (Å²) in [6.45, 7) is 3.07. The minimum absolute atomic E-state index is 0.181. The van der Waals surface area contributed by atoms with Crippen molar-refractivity contribution in [3.05, 3.63) is 69.3 Å². The van der Waals surface area contributed by atoms with Gasteiger partial charge in [0.1, 0.15) is 6.04 Å². The van der Waals surface area contributed by atoms with E-state index in [0.29, 0.717) is 5.56 Å². The number of benzene rings is 2. The van der Waals surface area contributed by atoms with Crippen molar-refractivity contribution in [1.82, 2.24) is 5.01 Å². The lowest BCUT2D eigenvalue weighted by molar-refractivity contribution is -0.384. The zero-order valence-corrected chi connectivity index (χ0v) is 16.8. The second-order valence-electron chi connectivity index (χ2n) is 8.05. The maximum Gasteiger partial charge on any atom is 0.271 e. The summed E-state index contributed by atoms with van der Waals surface area (Å²) in [5.74, 6) is -2.96. The first kappa shape index (κ1) is 19.1. The molecule has 0 spiro atoms.